The third kappa shape index (κ3) is 4.54. The van der Waals surface area contributed by atoms with Gasteiger partial charge in [0.2, 0.25) is 5.91 Å². The molecule has 0 aliphatic rings. The predicted octanol–water partition coefficient (Wildman–Crippen LogP) is 3.80. The molecule has 0 saturated carbocycles. The Morgan fingerprint density at radius 2 is 1.97 bits per heavy atom. The number of benzene rings is 2. The first-order valence-electron chi connectivity index (χ1n) is 8.40. The summed E-state index contributed by atoms with van der Waals surface area (Å²) in [5, 5.41) is 0.483. The van der Waals surface area contributed by atoms with E-state index in [9.17, 15) is 22.8 Å². The largest absolute Gasteiger partial charge is 0.496 e. The maximum absolute atomic E-state index is 13.1. The maximum Gasteiger partial charge on any atom is 0.419 e. The number of amides is 2. The summed E-state index contributed by atoms with van der Waals surface area (Å²) in [7, 11) is 1.15. The zero-order valence-electron chi connectivity index (χ0n) is 15.2. The fourth-order valence-electron chi connectivity index (χ4n) is 2.74. The van der Waals surface area contributed by atoms with Crippen LogP contribution in [-0.4, -0.2) is 28.9 Å². The standard InChI is InChI=1S/C19H16F3N3O3S/c1-28-15-6-2-11(8-13(15)19(20,21)22)3-7-17(26)25(23)18(27)12-4-5-14-16(9-12)29-10-24-14/h2,4-6,8-10H,3,7,23H2,1H3. The van der Waals surface area contributed by atoms with E-state index in [1.54, 1.807) is 17.6 Å². The number of hydrogen-bond acceptors (Lipinski definition) is 6. The quantitative estimate of drug-likeness (QED) is 0.383. The van der Waals surface area contributed by atoms with Crippen LogP contribution in [0.25, 0.3) is 10.2 Å². The van der Waals surface area contributed by atoms with Gasteiger partial charge in [-0.15, -0.1) is 11.3 Å². The second kappa shape index (κ2) is 8.18. The van der Waals surface area contributed by atoms with Crippen LogP contribution in [0, 0.1) is 0 Å². The number of fused-ring (bicyclic) bond motifs is 1. The molecule has 0 bridgehead atoms. The number of imide groups is 1. The van der Waals surface area contributed by atoms with Gasteiger partial charge < -0.3 is 4.74 Å². The fourth-order valence-corrected chi connectivity index (χ4v) is 3.46. The van der Waals surface area contributed by atoms with Crippen molar-refractivity contribution in [1.82, 2.24) is 9.99 Å². The van der Waals surface area contributed by atoms with Crippen molar-refractivity contribution in [2.24, 2.45) is 5.84 Å². The van der Waals surface area contributed by atoms with E-state index in [4.69, 9.17) is 10.6 Å². The van der Waals surface area contributed by atoms with Crippen LogP contribution in [0.5, 0.6) is 5.75 Å². The molecule has 0 spiro atoms. The van der Waals surface area contributed by atoms with Crippen LogP contribution >= 0.6 is 11.3 Å². The number of alkyl halides is 3. The second-order valence-corrected chi connectivity index (χ2v) is 7.02. The van der Waals surface area contributed by atoms with E-state index in [-0.39, 0.29) is 29.7 Å². The van der Waals surface area contributed by atoms with E-state index in [1.807, 2.05) is 0 Å². The van der Waals surface area contributed by atoms with Crippen LogP contribution in [0.1, 0.15) is 27.9 Å². The van der Waals surface area contributed by atoms with Gasteiger partial charge in [-0.25, -0.2) is 15.8 Å². The minimum atomic E-state index is -4.59. The fraction of sp³-hybridized carbons (Fsp3) is 0.211. The summed E-state index contributed by atoms with van der Waals surface area (Å²) < 4.78 is 44.8. The van der Waals surface area contributed by atoms with E-state index in [0.29, 0.717) is 5.01 Å². The highest BCUT2D eigenvalue weighted by Crippen LogP contribution is 2.36. The number of halogens is 3. The van der Waals surface area contributed by atoms with Crippen molar-refractivity contribution < 1.29 is 27.5 Å². The number of carbonyl (C=O) groups excluding carboxylic acids is 2. The summed E-state index contributed by atoms with van der Waals surface area (Å²) >= 11 is 1.34. The van der Waals surface area contributed by atoms with Crippen LogP contribution < -0.4 is 10.6 Å². The first kappa shape index (κ1) is 20.7. The Morgan fingerprint density at radius 1 is 1.21 bits per heavy atom. The van der Waals surface area contributed by atoms with Gasteiger partial charge in [-0.1, -0.05) is 6.07 Å². The molecule has 1 heterocycles. The smallest absolute Gasteiger partial charge is 0.419 e. The summed E-state index contributed by atoms with van der Waals surface area (Å²) in [6.45, 7) is 0. The molecule has 0 unspecified atom stereocenters. The third-order valence-corrected chi connectivity index (χ3v) is 5.05. The Hall–Kier alpha value is -2.98. The lowest BCUT2D eigenvalue weighted by atomic mass is 10.0. The SMILES string of the molecule is COc1ccc(CCC(=O)N(N)C(=O)c2ccc3ncsc3c2)cc1C(F)(F)F. The van der Waals surface area contributed by atoms with Gasteiger partial charge in [0.15, 0.2) is 0 Å². The molecule has 10 heteroatoms. The summed E-state index contributed by atoms with van der Waals surface area (Å²) in [6, 6.07) is 8.29. The normalized spacial score (nSPS) is 11.5. The van der Waals surface area contributed by atoms with E-state index < -0.39 is 23.6 Å². The number of carbonyl (C=O) groups is 2. The number of aryl methyl sites for hydroxylation is 1. The van der Waals surface area contributed by atoms with Crippen molar-refractivity contribution in [3.05, 3.63) is 58.6 Å². The summed E-state index contributed by atoms with van der Waals surface area (Å²) in [6.07, 6.45) is -4.83. The van der Waals surface area contributed by atoms with Gasteiger partial charge in [-0.3, -0.25) is 9.59 Å². The maximum atomic E-state index is 13.1. The Bertz CT molecular complexity index is 1070. The highest BCUT2D eigenvalue weighted by molar-refractivity contribution is 7.16. The van der Waals surface area contributed by atoms with Gasteiger partial charge in [0.1, 0.15) is 5.75 Å². The lowest BCUT2D eigenvalue weighted by Gasteiger charge is -2.16. The van der Waals surface area contributed by atoms with Crippen molar-refractivity contribution in [2.75, 3.05) is 7.11 Å². The molecule has 0 atom stereocenters. The zero-order chi connectivity index (χ0) is 21.2. The molecule has 0 saturated heterocycles. The molecule has 1 aromatic heterocycles. The van der Waals surface area contributed by atoms with Crippen molar-refractivity contribution in [3.63, 3.8) is 0 Å². The third-order valence-electron chi connectivity index (χ3n) is 4.26. The summed E-state index contributed by atoms with van der Waals surface area (Å²) in [5.74, 6) is 3.94. The van der Waals surface area contributed by atoms with E-state index >= 15 is 0 Å². The monoisotopic (exact) mass is 423 g/mol. The van der Waals surface area contributed by atoms with Crippen molar-refractivity contribution >= 4 is 33.4 Å². The van der Waals surface area contributed by atoms with Crippen molar-refractivity contribution in [3.8, 4) is 5.75 Å². The van der Waals surface area contributed by atoms with Gasteiger partial charge in [0.05, 0.1) is 28.4 Å². The molecule has 152 valence electrons. The predicted molar refractivity (Wildman–Crippen MR) is 101 cm³/mol. The average Bonchev–Trinajstić information content (AvgIpc) is 3.17. The number of nitrogens with zero attached hydrogens (tertiary/aromatic N) is 2. The minimum Gasteiger partial charge on any atom is -0.496 e. The van der Waals surface area contributed by atoms with E-state index in [0.717, 1.165) is 23.4 Å². The summed E-state index contributed by atoms with van der Waals surface area (Å²) in [4.78, 5) is 28.8. The van der Waals surface area contributed by atoms with E-state index in [2.05, 4.69) is 4.98 Å². The molecule has 0 radical (unpaired) electrons. The highest BCUT2D eigenvalue weighted by atomic mass is 32.1. The molecule has 29 heavy (non-hydrogen) atoms. The average molecular weight is 423 g/mol. The van der Waals surface area contributed by atoms with E-state index in [1.165, 1.54) is 29.5 Å². The van der Waals surface area contributed by atoms with Crippen LogP contribution in [0.2, 0.25) is 0 Å². The Balaban J connectivity index is 1.69. The van der Waals surface area contributed by atoms with Gasteiger partial charge in [-0.2, -0.15) is 13.2 Å². The Morgan fingerprint density at radius 3 is 2.66 bits per heavy atom. The number of aromatic nitrogens is 1. The highest BCUT2D eigenvalue weighted by Gasteiger charge is 2.34. The lowest BCUT2D eigenvalue weighted by molar-refractivity contribution is -0.138. The molecule has 2 amide bonds. The van der Waals surface area contributed by atoms with Crippen LogP contribution in [0.3, 0.4) is 0 Å². The first-order chi connectivity index (χ1) is 13.7. The van der Waals surface area contributed by atoms with Crippen molar-refractivity contribution in [2.45, 2.75) is 19.0 Å². The van der Waals surface area contributed by atoms with Gasteiger partial charge >= 0.3 is 6.18 Å². The number of hydrogen-bond donors (Lipinski definition) is 1. The number of thiazole rings is 1. The molecule has 2 aromatic carbocycles. The van der Waals surface area contributed by atoms with Gasteiger partial charge in [-0.05, 0) is 42.3 Å². The Labute approximate surface area is 167 Å². The molecule has 2 N–H and O–H groups in total. The van der Waals surface area contributed by atoms with Crippen LogP contribution in [0.4, 0.5) is 13.2 Å². The molecule has 0 fully saturated rings. The van der Waals surface area contributed by atoms with Gasteiger partial charge in [0, 0.05) is 12.0 Å². The molecular formula is C19H16F3N3O3S. The van der Waals surface area contributed by atoms with Gasteiger partial charge in [0.25, 0.3) is 5.91 Å². The van der Waals surface area contributed by atoms with Crippen molar-refractivity contribution in [1.29, 1.82) is 0 Å². The summed E-state index contributed by atoms with van der Waals surface area (Å²) in [5.41, 5.74) is 1.93. The number of ether oxygens (including phenoxy) is 1. The molecule has 3 aromatic rings. The topological polar surface area (TPSA) is 85.5 Å². The number of nitrogens with two attached hydrogens (primary N) is 1. The zero-order valence-corrected chi connectivity index (χ0v) is 16.0. The Kier molecular flexibility index (Phi) is 5.85. The first-order valence-corrected chi connectivity index (χ1v) is 9.28. The lowest BCUT2D eigenvalue weighted by Crippen LogP contribution is -2.42. The molecule has 3 rings (SSSR count). The molecule has 0 aliphatic carbocycles. The number of hydrazine groups is 1. The van der Waals surface area contributed by atoms with Crippen LogP contribution in [-0.2, 0) is 17.4 Å². The van der Waals surface area contributed by atoms with Crippen LogP contribution in [0.15, 0.2) is 41.9 Å². The number of rotatable bonds is 5. The molecule has 6 nitrogen and oxygen atoms in total. The number of methoxy groups -OCH3 is 1. The second-order valence-electron chi connectivity index (χ2n) is 6.14. The molecular weight excluding hydrogens is 407 g/mol. The minimum absolute atomic E-state index is 0.0131. The molecule has 0 aliphatic heterocycles.